The van der Waals surface area contributed by atoms with Crippen LogP contribution in [0.25, 0.3) is 0 Å². The van der Waals surface area contributed by atoms with Crippen molar-refractivity contribution in [3.05, 3.63) is 47.8 Å². The van der Waals surface area contributed by atoms with Gasteiger partial charge in [0, 0.05) is 29.4 Å². The van der Waals surface area contributed by atoms with Gasteiger partial charge in [0.25, 0.3) is 0 Å². The van der Waals surface area contributed by atoms with Crippen molar-refractivity contribution in [1.29, 1.82) is 0 Å². The van der Waals surface area contributed by atoms with Gasteiger partial charge in [-0.1, -0.05) is 20.2 Å². The minimum atomic E-state index is -0.192. The van der Waals surface area contributed by atoms with E-state index in [2.05, 4.69) is 4.90 Å². The maximum atomic E-state index is 13.7. The first kappa shape index (κ1) is 15.3. The minimum Gasteiger partial charge on any atom is -0.507 e. The third-order valence-corrected chi connectivity index (χ3v) is 5.44. The molecular weight excluding hydrogens is 296 g/mol. The smallest absolute Gasteiger partial charge is 0.125 e. The lowest BCUT2D eigenvalue weighted by molar-refractivity contribution is 0.479. The van der Waals surface area contributed by atoms with E-state index in [0.29, 0.717) is 14.3 Å². The van der Waals surface area contributed by atoms with Crippen molar-refractivity contribution >= 4 is 24.9 Å². The van der Waals surface area contributed by atoms with Crippen LogP contribution >= 0.6 is 8.58 Å². The highest BCUT2D eigenvalue weighted by molar-refractivity contribution is 7.56. The third kappa shape index (κ3) is 3.41. The summed E-state index contributed by atoms with van der Waals surface area (Å²) in [6.07, 6.45) is 3.58. The Morgan fingerprint density at radius 1 is 1.00 bits per heavy atom. The monoisotopic (exact) mass is 317 g/mol. The number of nitrogens with zero attached hydrogens (tertiary/aromatic N) is 1. The van der Waals surface area contributed by atoms with Gasteiger partial charge in [0.05, 0.1) is 0 Å². The second-order valence-electron chi connectivity index (χ2n) is 5.85. The Balaban J connectivity index is 1.94. The van der Waals surface area contributed by atoms with Crippen molar-refractivity contribution in [3.8, 4) is 5.75 Å². The van der Waals surface area contributed by atoms with Crippen molar-refractivity contribution in [3.63, 3.8) is 0 Å². The normalized spacial score (nSPS) is 15.6. The summed E-state index contributed by atoms with van der Waals surface area (Å²) in [4.78, 5) is 2.28. The SMILES string of the molecule is Cc1ccc(O)c(Pc2ccc(F)cc2N2CCCCC2)c1. The number of aryl methyl sites for hydroxylation is 1. The molecule has 4 heteroatoms. The second kappa shape index (κ2) is 6.66. The number of hydrogen-bond donors (Lipinski definition) is 1. The number of hydrogen-bond acceptors (Lipinski definition) is 2. The topological polar surface area (TPSA) is 23.5 Å². The first-order chi connectivity index (χ1) is 10.6. The van der Waals surface area contributed by atoms with Crippen LogP contribution in [0.4, 0.5) is 10.1 Å². The van der Waals surface area contributed by atoms with Crippen LogP contribution in [0.2, 0.25) is 0 Å². The highest BCUT2D eigenvalue weighted by Crippen LogP contribution is 2.27. The number of phenolic OH excluding ortho intramolecular Hbond substituents is 1. The van der Waals surface area contributed by atoms with Gasteiger partial charge in [0.1, 0.15) is 11.6 Å². The molecule has 3 rings (SSSR count). The fraction of sp³-hybridized carbons (Fsp3) is 0.333. The number of halogens is 1. The van der Waals surface area contributed by atoms with Gasteiger partial charge in [-0.15, -0.1) is 0 Å². The molecule has 0 saturated carbocycles. The molecule has 0 aliphatic carbocycles. The molecule has 0 aromatic heterocycles. The van der Waals surface area contributed by atoms with Crippen molar-refractivity contribution in [2.75, 3.05) is 18.0 Å². The van der Waals surface area contributed by atoms with Crippen LogP contribution in [0.15, 0.2) is 36.4 Å². The lowest BCUT2D eigenvalue weighted by Crippen LogP contribution is -2.32. The van der Waals surface area contributed by atoms with E-state index in [1.807, 2.05) is 25.1 Å². The summed E-state index contributed by atoms with van der Waals surface area (Å²) in [7, 11) is 0.333. The average Bonchev–Trinajstić information content (AvgIpc) is 2.53. The lowest BCUT2D eigenvalue weighted by atomic mass is 10.1. The van der Waals surface area contributed by atoms with Crippen LogP contribution < -0.4 is 15.5 Å². The average molecular weight is 317 g/mol. The first-order valence-electron chi connectivity index (χ1n) is 7.74. The van der Waals surface area contributed by atoms with E-state index in [4.69, 9.17) is 0 Å². The quantitative estimate of drug-likeness (QED) is 0.877. The maximum Gasteiger partial charge on any atom is 0.125 e. The van der Waals surface area contributed by atoms with Crippen LogP contribution in [-0.4, -0.2) is 18.2 Å². The van der Waals surface area contributed by atoms with E-state index in [0.717, 1.165) is 47.8 Å². The molecule has 116 valence electrons. The number of phenols is 1. The Kier molecular flexibility index (Phi) is 4.63. The lowest BCUT2D eigenvalue weighted by Gasteiger charge is -2.30. The van der Waals surface area contributed by atoms with Crippen LogP contribution in [0.5, 0.6) is 5.75 Å². The van der Waals surface area contributed by atoms with Gasteiger partial charge < -0.3 is 10.0 Å². The van der Waals surface area contributed by atoms with Gasteiger partial charge in [0.2, 0.25) is 0 Å². The molecule has 1 saturated heterocycles. The highest BCUT2D eigenvalue weighted by atomic mass is 31.1. The molecule has 2 nitrogen and oxygen atoms in total. The van der Waals surface area contributed by atoms with E-state index in [1.165, 1.54) is 12.5 Å². The molecule has 22 heavy (non-hydrogen) atoms. The zero-order valence-corrected chi connectivity index (χ0v) is 13.8. The van der Waals surface area contributed by atoms with Gasteiger partial charge >= 0.3 is 0 Å². The zero-order valence-electron chi connectivity index (χ0n) is 12.8. The zero-order chi connectivity index (χ0) is 15.5. The number of rotatable bonds is 3. The molecule has 1 unspecified atom stereocenters. The number of aromatic hydroxyl groups is 1. The van der Waals surface area contributed by atoms with E-state index in [9.17, 15) is 9.50 Å². The van der Waals surface area contributed by atoms with Gasteiger partial charge in [0.15, 0.2) is 0 Å². The van der Waals surface area contributed by atoms with Gasteiger partial charge in [-0.25, -0.2) is 4.39 Å². The predicted octanol–water partition coefficient (Wildman–Crippen LogP) is 3.46. The number of benzene rings is 2. The molecule has 2 aromatic carbocycles. The molecule has 1 atom stereocenters. The summed E-state index contributed by atoms with van der Waals surface area (Å²) in [6.45, 7) is 3.99. The molecule has 0 radical (unpaired) electrons. The summed E-state index contributed by atoms with van der Waals surface area (Å²) >= 11 is 0. The largest absolute Gasteiger partial charge is 0.507 e. The van der Waals surface area contributed by atoms with Crippen LogP contribution in [-0.2, 0) is 0 Å². The Bertz CT molecular complexity index is 668. The summed E-state index contributed by atoms with van der Waals surface area (Å²) in [5, 5.41) is 12.1. The van der Waals surface area contributed by atoms with Gasteiger partial charge in [-0.3, -0.25) is 0 Å². The number of piperidine rings is 1. The summed E-state index contributed by atoms with van der Waals surface area (Å²) in [6, 6.07) is 10.7. The molecule has 1 fully saturated rings. The van der Waals surface area contributed by atoms with Gasteiger partial charge in [-0.05, 0) is 56.5 Å². The predicted molar refractivity (Wildman–Crippen MR) is 92.9 cm³/mol. The molecule has 0 amide bonds. The Hall–Kier alpha value is -1.60. The molecule has 1 aliphatic heterocycles. The highest BCUT2D eigenvalue weighted by Gasteiger charge is 2.16. The Labute approximate surface area is 132 Å². The van der Waals surface area contributed by atoms with Crippen LogP contribution in [0.3, 0.4) is 0 Å². The molecular formula is C18H21FNOP. The minimum absolute atomic E-state index is 0.192. The molecule has 0 spiro atoms. The molecule has 2 aromatic rings. The fourth-order valence-electron chi connectivity index (χ4n) is 2.90. The van der Waals surface area contributed by atoms with E-state index in [-0.39, 0.29) is 5.82 Å². The molecule has 1 heterocycles. The van der Waals surface area contributed by atoms with Gasteiger partial charge in [-0.2, -0.15) is 0 Å². The van der Waals surface area contributed by atoms with Crippen molar-refractivity contribution in [1.82, 2.24) is 0 Å². The Morgan fingerprint density at radius 2 is 1.77 bits per heavy atom. The van der Waals surface area contributed by atoms with Crippen molar-refractivity contribution in [2.24, 2.45) is 0 Å². The van der Waals surface area contributed by atoms with Crippen molar-refractivity contribution in [2.45, 2.75) is 26.2 Å². The summed E-state index contributed by atoms with van der Waals surface area (Å²) in [5.41, 5.74) is 2.11. The number of anilines is 1. The molecule has 0 bridgehead atoms. The van der Waals surface area contributed by atoms with Crippen LogP contribution in [0, 0.1) is 12.7 Å². The Morgan fingerprint density at radius 3 is 2.55 bits per heavy atom. The maximum absolute atomic E-state index is 13.7. The second-order valence-corrected chi connectivity index (χ2v) is 7.18. The van der Waals surface area contributed by atoms with E-state index in [1.54, 1.807) is 12.1 Å². The van der Waals surface area contributed by atoms with Crippen LogP contribution in [0.1, 0.15) is 24.8 Å². The molecule has 1 N–H and O–H groups in total. The summed E-state index contributed by atoms with van der Waals surface area (Å²) < 4.78 is 13.7. The molecule has 1 aliphatic rings. The van der Waals surface area contributed by atoms with E-state index >= 15 is 0 Å². The van der Waals surface area contributed by atoms with E-state index < -0.39 is 0 Å². The standard InChI is InChI=1S/C18H21FNOP/c1-13-5-7-16(21)18(11-13)22-17-8-6-14(19)12-15(17)20-9-3-2-4-10-20/h5-8,11-12,21-22H,2-4,9-10H2,1H3. The first-order valence-corrected chi connectivity index (χ1v) is 8.74. The van der Waals surface area contributed by atoms with Crippen molar-refractivity contribution < 1.29 is 9.50 Å². The third-order valence-electron chi connectivity index (χ3n) is 4.08. The summed E-state index contributed by atoms with van der Waals surface area (Å²) in [5.74, 6) is 0.125. The fourth-order valence-corrected chi connectivity index (χ4v) is 4.23.